The molecule has 0 saturated heterocycles. The Labute approximate surface area is 220 Å². The van der Waals surface area contributed by atoms with Crippen molar-refractivity contribution in [2.24, 2.45) is 5.73 Å². The fourth-order valence-corrected chi connectivity index (χ4v) is 3.79. The summed E-state index contributed by atoms with van der Waals surface area (Å²) in [5.41, 5.74) is 8.19. The third-order valence-corrected chi connectivity index (χ3v) is 5.90. The highest BCUT2D eigenvalue weighted by atomic mass is 16.4. The highest BCUT2D eigenvalue weighted by Gasteiger charge is 2.29. The topological polar surface area (TPSA) is 179 Å². The lowest BCUT2D eigenvalue weighted by Gasteiger charge is -2.24. The van der Waals surface area contributed by atoms with E-state index < -0.39 is 47.9 Å². The first-order chi connectivity index (χ1) is 18.2. The molecule has 2 aromatic carbocycles. The number of nitrogens with zero attached hydrogens (tertiary/aromatic N) is 1. The smallest absolute Gasteiger partial charge is 0.326 e. The Hall–Kier alpha value is -4.51. The summed E-state index contributed by atoms with van der Waals surface area (Å²) in [6, 6.07) is 14.1. The van der Waals surface area contributed by atoms with Gasteiger partial charge in [-0.3, -0.25) is 14.4 Å². The summed E-state index contributed by atoms with van der Waals surface area (Å²) in [5, 5.41) is 17.3. The van der Waals surface area contributed by atoms with Crippen LogP contribution >= 0.6 is 0 Å². The molecule has 3 aromatic rings. The zero-order chi connectivity index (χ0) is 27.5. The Bertz CT molecular complexity index is 1200. The standard InChI is InChI=1S/C27H32N6O5/c1-17(31-25(35)21(28)12-18-8-4-2-5-9-18)24(34)32-22(13-19-10-6-3-7-11-19)26(36)33-23(27(37)38)14-20-15-29-16-30-20/h2-11,15-17,21-23H,12-14,28H2,1H3,(H,29,30)(H,31,35)(H,32,34)(H,33,36)(H,37,38). The summed E-state index contributed by atoms with van der Waals surface area (Å²) in [4.78, 5) is 57.2. The molecular weight excluding hydrogens is 488 g/mol. The minimum atomic E-state index is -1.24. The molecule has 1 heterocycles. The van der Waals surface area contributed by atoms with Gasteiger partial charge in [-0.25, -0.2) is 9.78 Å². The molecule has 4 atom stereocenters. The lowest BCUT2D eigenvalue weighted by atomic mass is 10.0. The number of hydrogen-bond donors (Lipinski definition) is 6. The minimum absolute atomic E-state index is 0.0150. The van der Waals surface area contributed by atoms with E-state index in [1.165, 1.54) is 19.4 Å². The fourth-order valence-electron chi connectivity index (χ4n) is 3.79. The van der Waals surface area contributed by atoms with Crippen LogP contribution in [0.5, 0.6) is 0 Å². The average Bonchev–Trinajstić information content (AvgIpc) is 3.42. The highest BCUT2D eigenvalue weighted by molar-refractivity contribution is 5.94. The molecule has 0 aliphatic heterocycles. The lowest BCUT2D eigenvalue weighted by molar-refractivity contribution is -0.142. The van der Waals surface area contributed by atoms with Crippen LogP contribution in [0.3, 0.4) is 0 Å². The van der Waals surface area contributed by atoms with Gasteiger partial charge >= 0.3 is 5.97 Å². The van der Waals surface area contributed by atoms with Gasteiger partial charge in [0.05, 0.1) is 12.4 Å². The number of nitrogens with one attached hydrogen (secondary N) is 4. The largest absolute Gasteiger partial charge is 0.480 e. The predicted molar refractivity (Wildman–Crippen MR) is 140 cm³/mol. The molecule has 0 spiro atoms. The minimum Gasteiger partial charge on any atom is -0.480 e. The molecule has 0 saturated carbocycles. The van der Waals surface area contributed by atoms with Crippen LogP contribution in [0.2, 0.25) is 0 Å². The van der Waals surface area contributed by atoms with Crippen molar-refractivity contribution in [3.05, 3.63) is 90.0 Å². The highest BCUT2D eigenvalue weighted by Crippen LogP contribution is 2.07. The first-order valence-corrected chi connectivity index (χ1v) is 12.2. The van der Waals surface area contributed by atoms with Crippen LogP contribution in [0.4, 0.5) is 0 Å². The van der Waals surface area contributed by atoms with E-state index in [1.807, 2.05) is 36.4 Å². The number of carbonyl (C=O) groups is 4. The second-order valence-corrected chi connectivity index (χ2v) is 8.96. The van der Waals surface area contributed by atoms with Crippen molar-refractivity contribution >= 4 is 23.7 Å². The van der Waals surface area contributed by atoms with Crippen molar-refractivity contribution in [1.29, 1.82) is 0 Å². The number of hydrogen-bond acceptors (Lipinski definition) is 6. The van der Waals surface area contributed by atoms with Gasteiger partial charge in [-0.2, -0.15) is 0 Å². The van der Waals surface area contributed by atoms with E-state index in [0.717, 1.165) is 11.1 Å². The van der Waals surface area contributed by atoms with Gasteiger partial charge in [0.15, 0.2) is 0 Å². The van der Waals surface area contributed by atoms with Gasteiger partial charge in [0.1, 0.15) is 18.1 Å². The van der Waals surface area contributed by atoms with E-state index >= 15 is 0 Å². The number of aromatic amines is 1. The molecular formula is C27H32N6O5. The van der Waals surface area contributed by atoms with Crippen LogP contribution < -0.4 is 21.7 Å². The van der Waals surface area contributed by atoms with Crippen LogP contribution in [0.25, 0.3) is 0 Å². The fraction of sp³-hybridized carbons (Fsp3) is 0.296. The van der Waals surface area contributed by atoms with Crippen LogP contribution in [0.1, 0.15) is 23.7 Å². The van der Waals surface area contributed by atoms with E-state index in [-0.39, 0.29) is 12.8 Å². The van der Waals surface area contributed by atoms with Crippen LogP contribution in [-0.4, -0.2) is 62.9 Å². The van der Waals surface area contributed by atoms with Crippen LogP contribution in [-0.2, 0) is 38.4 Å². The van der Waals surface area contributed by atoms with Crippen LogP contribution in [0, 0.1) is 0 Å². The summed E-state index contributed by atoms with van der Waals surface area (Å²) >= 11 is 0. The number of nitrogens with two attached hydrogens (primary N) is 1. The zero-order valence-electron chi connectivity index (χ0n) is 21.0. The van der Waals surface area contributed by atoms with Crippen molar-refractivity contribution in [3.63, 3.8) is 0 Å². The summed E-state index contributed by atoms with van der Waals surface area (Å²) in [7, 11) is 0. The second-order valence-electron chi connectivity index (χ2n) is 8.96. The predicted octanol–water partition coefficient (Wildman–Crippen LogP) is 0.324. The zero-order valence-corrected chi connectivity index (χ0v) is 21.0. The van der Waals surface area contributed by atoms with Crippen molar-refractivity contribution in [2.75, 3.05) is 0 Å². The van der Waals surface area contributed by atoms with Gasteiger partial charge in [-0.05, 0) is 24.5 Å². The number of carboxylic acid groups (broad SMARTS) is 1. The third kappa shape index (κ3) is 8.56. The lowest BCUT2D eigenvalue weighted by Crippen LogP contribution is -2.57. The number of H-pyrrole nitrogens is 1. The third-order valence-electron chi connectivity index (χ3n) is 5.90. The Balaban J connectivity index is 1.65. The number of carbonyl (C=O) groups excluding carboxylic acids is 3. The second kappa shape index (κ2) is 13.7. The number of benzene rings is 2. The molecule has 11 heteroatoms. The number of aliphatic carboxylic acids is 1. The molecule has 4 unspecified atom stereocenters. The molecule has 3 rings (SSSR count). The monoisotopic (exact) mass is 520 g/mol. The molecule has 0 aliphatic carbocycles. The van der Waals surface area contributed by atoms with Crippen molar-refractivity contribution < 1.29 is 24.3 Å². The normalized spacial score (nSPS) is 13.9. The van der Waals surface area contributed by atoms with Gasteiger partial charge in [0.2, 0.25) is 17.7 Å². The first-order valence-electron chi connectivity index (χ1n) is 12.2. The van der Waals surface area contributed by atoms with E-state index in [4.69, 9.17) is 5.73 Å². The number of imidazole rings is 1. The Kier molecular flexibility index (Phi) is 10.1. The van der Waals surface area contributed by atoms with Gasteiger partial charge in [-0.15, -0.1) is 0 Å². The maximum absolute atomic E-state index is 13.2. The molecule has 0 aliphatic rings. The molecule has 3 amide bonds. The Morgan fingerprint density at radius 1 is 0.816 bits per heavy atom. The maximum Gasteiger partial charge on any atom is 0.326 e. The molecule has 0 fully saturated rings. The van der Waals surface area contributed by atoms with Gasteiger partial charge < -0.3 is 31.8 Å². The molecule has 0 bridgehead atoms. The van der Waals surface area contributed by atoms with Gasteiger partial charge in [-0.1, -0.05) is 60.7 Å². The molecule has 7 N–H and O–H groups in total. The molecule has 11 nitrogen and oxygen atoms in total. The van der Waals surface area contributed by atoms with Crippen molar-refractivity contribution in [3.8, 4) is 0 Å². The van der Waals surface area contributed by atoms with Crippen molar-refractivity contribution in [2.45, 2.75) is 50.4 Å². The van der Waals surface area contributed by atoms with E-state index in [1.54, 1.807) is 24.3 Å². The van der Waals surface area contributed by atoms with Crippen LogP contribution in [0.15, 0.2) is 73.2 Å². The van der Waals surface area contributed by atoms with Gasteiger partial charge in [0, 0.05) is 24.7 Å². The quantitative estimate of drug-likeness (QED) is 0.188. The molecule has 0 radical (unpaired) electrons. The Morgan fingerprint density at radius 3 is 1.95 bits per heavy atom. The van der Waals surface area contributed by atoms with E-state index in [9.17, 15) is 24.3 Å². The number of aromatic nitrogens is 2. The number of rotatable bonds is 13. The number of amides is 3. The Morgan fingerprint density at radius 2 is 1.39 bits per heavy atom. The summed E-state index contributed by atoms with van der Waals surface area (Å²) < 4.78 is 0. The maximum atomic E-state index is 13.2. The van der Waals surface area contributed by atoms with Gasteiger partial charge in [0.25, 0.3) is 0 Å². The SMILES string of the molecule is CC(NC(=O)C(N)Cc1ccccc1)C(=O)NC(Cc1ccccc1)C(=O)NC(Cc1cnc[nH]1)C(=O)O. The average molecular weight is 521 g/mol. The summed E-state index contributed by atoms with van der Waals surface area (Å²) in [5.74, 6) is -3.02. The molecule has 200 valence electrons. The molecule has 38 heavy (non-hydrogen) atoms. The number of carboxylic acids is 1. The van der Waals surface area contributed by atoms with E-state index in [0.29, 0.717) is 12.1 Å². The molecule has 1 aromatic heterocycles. The van der Waals surface area contributed by atoms with Crippen molar-refractivity contribution in [1.82, 2.24) is 25.9 Å². The summed E-state index contributed by atoms with van der Waals surface area (Å²) in [6.45, 7) is 1.48. The first kappa shape index (κ1) is 28.1. The summed E-state index contributed by atoms with van der Waals surface area (Å²) in [6.07, 6.45) is 3.28. The van der Waals surface area contributed by atoms with E-state index in [2.05, 4.69) is 25.9 Å².